The van der Waals surface area contributed by atoms with E-state index in [4.69, 9.17) is 23.6 Å². The van der Waals surface area contributed by atoms with Crippen LogP contribution in [0.3, 0.4) is 0 Å². The number of aryl methyl sites for hydroxylation is 1. The van der Waals surface area contributed by atoms with Crippen LogP contribution in [0.4, 0.5) is 0 Å². The summed E-state index contributed by atoms with van der Waals surface area (Å²) in [5.74, 6) is 2.64. The van der Waals surface area contributed by atoms with Gasteiger partial charge in [0.05, 0.1) is 32.1 Å². The van der Waals surface area contributed by atoms with Gasteiger partial charge in [0.25, 0.3) is 0 Å². The molecule has 0 bridgehead atoms. The number of nitrogens with one attached hydrogen (secondary N) is 2. The smallest absolute Gasteiger partial charge is 0.191 e. The Labute approximate surface area is 213 Å². The average Bonchev–Trinajstić information content (AvgIpc) is 3.51. The number of nitrogens with zero attached hydrogens (tertiary/aromatic N) is 1. The molecule has 0 amide bonds. The molecule has 2 N–H and O–H groups in total. The highest BCUT2D eigenvalue weighted by molar-refractivity contribution is 14.0. The molecule has 1 aromatic carbocycles. The van der Waals surface area contributed by atoms with Gasteiger partial charge in [-0.25, -0.2) is 4.99 Å². The van der Waals surface area contributed by atoms with Crippen LogP contribution in [0.2, 0.25) is 0 Å². The van der Waals surface area contributed by atoms with Crippen molar-refractivity contribution < 1.29 is 18.6 Å². The largest absolute Gasteiger partial charge is 0.488 e. The van der Waals surface area contributed by atoms with Crippen LogP contribution in [-0.2, 0) is 22.4 Å². The Kier molecular flexibility index (Phi) is 10.8. The van der Waals surface area contributed by atoms with E-state index in [1.54, 1.807) is 6.26 Å². The molecule has 2 aromatic rings. The van der Waals surface area contributed by atoms with Crippen molar-refractivity contribution in [3.05, 3.63) is 53.5 Å². The molecule has 3 heterocycles. The Hall–Kier alpha value is -1.78. The molecule has 4 rings (SSSR count). The lowest BCUT2D eigenvalue weighted by Gasteiger charge is -2.24. The van der Waals surface area contributed by atoms with Crippen molar-refractivity contribution in [3.63, 3.8) is 0 Å². The first-order chi connectivity index (χ1) is 15.8. The van der Waals surface area contributed by atoms with Crippen molar-refractivity contribution in [1.82, 2.24) is 10.6 Å². The number of halogens is 1. The molecule has 2 atom stereocenters. The van der Waals surface area contributed by atoms with E-state index in [2.05, 4.69) is 35.8 Å². The number of aliphatic imine (C=N–C) groups is 1. The quantitative estimate of drug-likeness (QED) is 0.268. The van der Waals surface area contributed by atoms with Gasteiger partial charge in [0.15, 0.2) is 5.96 Å². The second-order valence-electron chi connectivity index (χ2n) is 8.51. The minimum absolute atomic E-state index is 0. The van der Waals surface area contributed by atoms with Gasteiger partial charge in [0, 0.05) is 38.1 Å². The summed E-state index contributed by atoms with van der Waals surface area (Å²) >= 11 is 0. The third kappa shape index (κ3) is 8.50. The van der Waals surface area contributed by atoms with E-state index in [0.717, 1.165) is 75.0 Å². The molecule has 182 valence electrons. The predicted octanol–water partition coefficient (Wildman–Crippen LogP) is 4.22. The Balaban J connectivity index is 0.00000306. The first-order valence-electron chi connectivity index (χ1n) is 11.8. The van der Waals surface area contributed by atoms with E-state index in [1.807, 2.05) is 12.1 Å². The highest BCUT2D eigenvalue weighted by Gasteiger charge is 2.19. The summed E-state index contributed by atoms with van der Waals surface area (Å²) in [5.41, 5.74) is 2.25. The normalized spacial score (nSPS) is 20.8. The van der Waals surface area contributed by atoms with Crippen LogP contribution in [-0.4, -0.2) is 51.1 Å². The standard InChI is InChI=1S/C25H35N3O4.HI/c1-19-7-8-20(24(15-19)32-23-10-14-29-18-23)16-27-25(26-11-9-21-6-4-13-30-21)28-17-22-5-2-3-12-31-22;/h4,6-8,13,15,22-23H,2-3,5,9-12,14,16-18H2,1H3,(H2,26,27,28);1H. The average molecular weight is 569 g/mol. The second-order valence-corrected chi connectivity index (χ2v) is 8.51. The van der Waals surface area contributed by atoms with Crippen molar-refractivity contribution in [2.24, 2.45) is 4.99 Å². The Morgan fingerprint density at radius 1 is 1.15 bits per heavy atom. The molecule has 0 spiro atoms. The van der Waals surface area contributed by atoms with Crippen molar-refractivity contribution >= 4 is 29.9 Å². The Morgan fingerprint density at radius 3 is 2.85 bits per heavy atom. The third-order valence-corrected chi connectivity index (χ3v) is 5.83. The van der Waals surface area contributed by atoms with Crippen molar-refractivity contribution in [2.45, 2.75) is 57.8 Å². The van der Waals surface area contributed by atoms with Gasteiger partial charge >= 0.3 is 0 Å². The van der Waals surface area contributed by atoms with E-state index >= 15 is 0 Å². The fourth-order valence-electron chi connectivity index (χ4n) is 3.96. The van der Waals surface area contributed by atoms with E-state index < -0.39 is 0 Å². The molecule has 8 heteroatoms. The molecule has 0 aliphatic carbocycles. The van der Waals surface area contributed by atoms with Gasteiger partial charge < -0.3 is 29.3 Å². The van der Waals surface area contributed by atoms with Crippen LogP contribution >= 0.6 is 24.0 Å². The number of rotatable bonds is 9. The lowest BCUT2D eigenvalue weighted by Crippen LogP contribution is -2.43. The maximum Gasteiger partial charge on any atom is 0.191 e. The molecule has 2 unspecified atom stereocenters. The van der Waals surface area contributed by atoms with E-state index in [9.17, 15) is 0 Å². The van der Waals surface area contributed by atoms with Gasteiger partial charge in [-0.1, -0.05) is 12.1 Å². The molecule has 2 aliphatic rings. The Bertz CT molecular complexity index is 847. The van der Waals surface area contributed by atoms with Crippen LogP contribution in [0.25, 0.3) is 0 Å². The monoisotopic (exact) mass is 569 g/mol. The summed E-state index contributed by atoms with van der Waals surface area (Å²) in [6.07, 6.45) is 7.26. The minimum Gasteiger partial charge on any atom is -0.488 e. The van der Waals surface area contributed by atoms with Gasteiger partial charge in [-0.15, -0.1) is 24.0 Å². The van der Waals surface area contributed by atoms with Gasteiger partial charge in [0.1, 0.15) is 17.6 Å². The maximum atomic E-state index is 6.24. The number of benzene rings is 1. The molecular weight excluding hydrogens is 533 g/mol. The minimum atomic E-state index is 0. The van der Waals surface area contributed by atoms with E-state index in [1.165, 1.54) is 12.0 Å². The zero-order valence-electron chi connectivity index (χ0n) is 19.4. The number of hydrogen-bond acceptors (Lipinski definition) is 5. The SMILES string of the molecule is Cc1ccc(CN=C(NCCc2ccco2)NCC2CCCCO2)c(OC2CCOC2)c1.I. The fraction of sp³-hybridized carbons (Fsp3) is 0.560. The number of furan rings is 1. The molecule has 2 aliphatic heterocycles. The van der Waals surface area contributed by atoms with Crippen LogP contribution in [0.5, 0.6) is 5.75 Å². The number of guanidine groups is 1. The third-order valence-electron chi connectivity index (χ3n) is 5.83. The molecule has 2 saturated heterocycles. The van der Waals surface area contributed by atoms with E-state index in [-0.39, 0.29) is 36.2 Å². The highest BCUT2D eigenvalue weighted by Crippen LogP contribution is 2.24. The zero-order chi connectivity index (χ0) is 22.0. The van der Waals surface area contributed by atoms with Crippen LogP contribution in [0.1, 0.15) is 42.6 Å². The summed E-state index contributed by atoms with van der Waals surface area (Å²) in [6, 6.07) is 10.2. The molecule has 0 radical (unpaired) electrons. The summed E-state index contributed by atoms with van der Waals surface area (Å²) in [5, 5.41) is 6.90. The lowest BCUT2D eigenvalue weighted by atomic mass is 10.1. The molecular formula is C25H36IN3O4. The van der Waals surface area contributed by atoms with Gasteiger partial charge in [-0.2, -0.15) is 0 Å². The highest BCUT2D eigenvalue weighted by atomic mass is 127. The second kappa shape index (κ2) is 13.8. The van der Waals surface area contributed by atoms with Crippen molar-refractivity contribution in [2.75, 3.05) is 32.9 Å². The van der Waals surface area contributed by atoms with Crippen molar-refractivity contribution in [3.8, 4) is 5.75 Å². The van der Waals surface area contributed by atoms with Gasteiger partial charge in [0.2, 0.25) is 0 Å². The summed E-state index contributed by atoms with van der Waals surface area (Å²) in [4.78, 5) is 4.86. The topological polar surface area (TPSA) is 77.3 Å². The molecule has 1 aromatic heterocycles. The van der Waals surface area contributed by atoms with Gasteiger partial charge in [-0.3, -0.25) is 0 Å². The maximum absolute atomic E-state index is 6.24. The van der Waals surface area contributed by atoms with Crippen molar-refractivity contribution in [1.29, 1.82) is 0 Å². The van der Waals surface area contributed by atoms with Crippen LogP contribution in [0, 0.1) is 6.92 Å². The number of hydrogen-bond donors (Lipinski definition) is 2. The number of ether oxygens (including phenoxy) is 3. The van der Waals surface area contributed by atoms with Crippen LogP contribution < -0.4 is 15.4 Å². The Morgan fingerprint density at radius 2 is 2.09 bits per heavy atom. The van der Waals surface area contributed by atoms with Gasteiger partial charge in [-0.05, 0) is 49.9 Å². The lowest BCUT2D eigenvalue weighted by molar-refractivity contribution is 0.0194. The first kappa shape index (κ1) is 25.8. The summed E-state index contributed by atoms with van der Waals surface area (Å²) in [7, 11) is 0. The predicted molar refractivity (Wildman–Crippen MR) is 140 cm³/mol. The summed E-state index contributed by atoms with van der Waals surface area (Å²) in [6.45, 7) is 6.37. The molecule has 7 nitrogen and oxygen atoms in total. The summed E-state index contributed by atoms with van der Waals surface area (Å²) < 4.78 is 23.0. The molecule has 0 saturated carbocycles. The van der Waals surface area contributed by atoms with E-state index in [0.29, 0.717) is 13.2 Å². The molecule has 2 fully saturated rings. The molecule has 33 heavy (non-hydrogen) atoms. The fourth-order valence-corrected chi connectivity index (χ4v) is 3.96. The first-order valence-corrected chi connectivity index (χ1v) is 11.8. The van der Waals surface area contributed by atoms with Crippen LogP contribution in [0.15, 0.2) is 46.0 Å². The zero-order valence-corrected chi connectivity index (χ0v) is 21.7.